The quantitative estimate of drug-likeness (QED) is 0.291. The van der Waals surface area contributed by atoms with E-state index in [1.165, 1.54) is 34.6 Å². The second-order valence-corrected chi connectivity index (χ2v) is 13.1. The minimum atomic E-state index is -1.26. The van der Waals surface area contributed by atoms with Gasteiger partial charge in [0.25, 0.3) is 0 Å². The van der Waals surface area contributed by atoms with Gasteiger partial charge in [0.05, 0.1) is 11.5 Å². The maximum Gasteiger partial charge on any atom is 0.303 e. The average Bonchev–Trinajstić information content (AvgIpc) is 3.00. The second-order valence-electron chi connectivity index (χ2n) is 13.1. The molecule has 4 saturated carbocycles. The van der Waals surface area contributed by atoms with Gasteiger partial charge >= 0.3 is 29.8 Å². The molecule has 1 N–H and O–H groups in total. The van der Waals surface area contributed by atoms with Gasteiger partial charge in [-0.15, -0.1) is 0 Å². The van der Waals surface area contributed by atoms with E-state index in [1.54, 1.807) is 0 Å². The van der Waals surface area contributed by atoms with Crippen molar-refractivity contribution in [2.75, 3.05) is 0 Å². The van der Waals surface area contributed by atoms with Gasteiger partial charge in [0.15, 0.2) is 0 Å². The van der Waals surface area contributed by atoms with E-state index >= 15 is 0 Å². The molecule has 11 heteroatoms. The number of fused-ring (bicyclic) bond motifs is 3. The first kappa shape index (κ1) is 31.0. The number of aliphatic hydroxyl groups excluding tert-OH is 1. The topological polar surface area (TPSA) is 152 Å². The monoisotopic (exact) mass is 578 g/mol. The van der Waals surface area contributed by atoms with E-state index < -0.39 is 94.6 Å². The largest absolute Gasteiger partial charge is 0.462 e. The van der Waals surface area contributed by atoms with Crippen molar-refractivity contribution in [3.8, 4) is 0 Å². The third kappa shape index (κ3) is 4.73. The van der Waals surface area contributed by atoms with Gasteiger partial charge in [-0.25, -0.2) is 0 Å². The van der Waals surface area contributed by atoms with E-state index in [9.17, 15) is 29.1 Å². The Kier molecular flexibility index (Phi) is 7.86. The van der Waals surface area contributed by atoms with Gasteiger partial charge in [-0.3, -0.25) is 24.0 Å². The molecule has 4 rings (SSSR count). The van der Waals surface area contributed by atoms with E-state index in [0.717, 1.165) is 0 Å². The molecule has 0 unspecified atom stereocenters. The Morgan fingerprint density at radius 3 is 1.80 bits per heavy atom. The number of aliphatic hydroxyl groups is 1. The number of hydrogen-bond acceptors (Lipinski definition) is 11. The molecule has 0 heterocycles. The molecule has 0 radical (unpaired) electrons. The Balaban J connectivity index is 2.13. The lowest BCUT2D eigenvalue weighted by molar-refractivity contribution is -0.325. The molecule has 4 fully saturated rings. The summed E-state index contributed by atoms with van der Waals surface area (Å²) in [6.07, 6.45) is -5.23. The molecule has 0 amide bonds. The van der Waals surface area contributed by atoms with E-state index in [1.807, 2.05) is 20.8 Å². The maximum atomic E-state index is 12.7. The zero-order valence-electron chi connectivity index (χ0n) is 25.1. The van der Waals surface area contributed by atoms with Crippen LogP contribution in [0.3, 0.4) is 0 Å². The Morgan fingerprint density at radius 1 is 0.756 bits per heavy atom. The molecule has 11 atom stereocenters. The molecular weight excluding hydrogens is 536 g/mol. The van der Waals surface area contributed by atoms with Crippen molar-refractivity contribution < 1.29 is 52.8 Å². The molecule has 4 aliphatic carbocycles. The van der Waals surface area contributed by atoms with E-state index in [-0.39, 0.29) is 12.3 Å². The maximum absolute atomic E-state index is 12.7. The van der Waals surface area contributed by atoms with E-state index in [4.69, 9.17) is 23.7 Å². The standard InChI is InChI=1S/C30H42O11/c1-13-19-10-20(37-14(2)31)24-29(9)22(38-15(3)32)11-21(36)28(7,8)25(29)23(39-16(4)33)27(41-18(6)35)30(24,12-19)26(13)40-17(5)34/h19-27,36H,1,10-12H2,2-9H3/t19-,20-,21-,22-,23+,24-,25+,26+,27-,29-,30-/m0/s1. The summed E-state index contributed by atoms with van der Waals surface area (Å²) in [6, 6.07) is 0. The fourth-order valence-corrected chi connectivity index (χ4v) is 9.29. The smallest absolute Gasteiger partial charge is 0.303 e. The predicted octanol–water partition coefficient (Wildman–Crippen LogP) is 2.65. The lowest BCUT2D eigenvalue weighted by atomic mass is 9.37. The first-order chi connectivity index (χ1) is 18.9. The Hall–Kier alpha value is -2.95. The van der Waals surface area contributed by atoms with Gasteiger partial charge < -0.3 is 28.8 Å². The van der Waals surface area contributed by atoms with Crippen LogP contribution in [0.15, 0.2) is 12.2 Å². The average molecular weight is 579 g/mol. The number of hydrogen-bond donors (Lipinski definition) is 1. The van der Waals surface area contributed by atoms with Crippen LogP contribution in [-0.4, -0.2) is 71.6 Å². The van der Waals surface area contributed by atoms with Gasteiger partial charge in [0, 0.05) is 58.3 Å². The van der Waals surface area contributed by atoms with Crippen molar-refractivity contribution in [2.24, 2.45) is 34.0 Å². The first-order valence-electron chi connectivity index (χ1n) is 14.1. The molecule has 228 valence electrons. The molecule has 4 aliphatic rings. The van der Waals surface area contributed by atoms with Crippen molar-refractivity contribution in [1.29, 1.82) is 0 Å². The van der Waals surface area contributed by atoms with Crippen LogP contribution in [0, 0.1) is 34.0 Å². The number of carbonyl (C=O) groups excluding carboxylic acids is 5. The number of rotatable bonds is 5. The highest BCUT2D eigenvalue weighted by molar-refractivity contribution is 5.69. The molecule has 0 saturated heterocycles. The first-order valence-corrected chi connectivity index (χ1v) is 14.1. The normalized spacial score (nSPS) is 42.2. The molecule has 11 nitrogen and oxygen atoms in total. The summed E-state index contributed by atoms with van der Waals surface area (Å²) in [6.45, 7) is 16.1. The summed E-state index contributed by atoms with van der Waals surface area (Å²) < 4.78 is 30.0. The Labute approximate surface area is 240 Å². The highest BCUT2D eigenvalue weighted by atomic mass is 16.6. The third-order valence-corrected chi connectivity index (χ3v) is 10.2. The molecule has 0 aliphatic heterocycles. The van der Waals surface area contributed by atoms with Crippen LogP contribution in [0.25, 0.3) is 0 Å². The van der Waals surface area contributed by atoms with Gasteiger partial charge in [0.2, 0.25) is 0 Å². The number of carbonyl (C=O) groups is 5. The molecular formula is C30H42O11. The lowest BCUT2D eigenvalue weighted by Crippen LogP contribution is -2.77. The van der Waals surface area contributed by atoms with Gasteiger partial charge in [0.1, 0.15) is 30.5 Å². The highest BCUT2D eigenvalue weighted by Crippen LogP contribution is 2.74. The van der Waals surface area contributed by atoms with Crippen molar-refractivity contribution in [2.45, 2.75) is 111 Å². The summed E-state index contributed by atoms with van der Waals surface area (Å²) in [7, 11) is 0. The van der Waals surface area contributed by atoms with Crippen molar-refractivity contribution in [1.82, 2.24) is 0 Å². The predicted molar refractivity (Wildman–Crippen MR) is 142 cm³/mol. The van der Waals surface area contributed by atoms with E-state index in [2.05, 4.69) is 6.58 Å². The molecule has 0 aromatic heterocycles. The molecule has 41 heavy (non-hydrogen) atoms. The van der Waals surface area contributed by atoms with E-state index in [0.29, 0.717) is 18.4 Å². The number of ether oxygens (including phenoxy) is 5. The fourth-order valence-electron chi connectivity index (χ4n) is 9.29. The van der Waals surface area contributed by atoms with Crippen LogP contribution in [0.4, 0.5) is 0 Å². The summed E-state index contributed by atoms with van der Waals surface area (Å²) in [5.74, 6) is -4.75. The van der Waals surface area contributed by atoms with Crippen LogP contribution < -0.4 is 0 Å². The van der Waals surface area contributed by atoms with Crippen molar-refractivity contribution in [3.63, 3.8) is 0 Å². The molecule has 1 spiro atoms. The van der Waals surface area contributed by atoms with Gasteiger partial charge in [-0.05, 0) is 29.7 Å². The van der Waals surface area contributed by atoms with Crippen molar-refractivity contribution >= 4 is 29.8 Å². The highest BCUT2D eigenvalue weighted by Gasteiger charge is 2.80. The van der Waals surface area contributed by atoms with Crippen LogP contribution in [-0.2, 0) is 47.7 Å². The molecule has 2 bridgehead atoms. The van der Waals surface area contributed by atoms with Crippen LogP contribution in [0.1, 0.15) is 74.7 Å². The Morgan fingerprint density at radius 2 is 1.29 bits per heavy atom. The Bertz CT molecular complexity index is 1160. The number of esters is 5. The SMILES string of the molecule is C=C1[C@H]2C[C@H](OC(C)=O)[C@H]3[C@]4(C)[C@@H](OC(C)=O)C[C@H](O)C(C)(C)[C@H]4[C@@H](OC(C)=O)[C@H](OC(C)=O)[C@]3(C2)[C@@H]1OC(C)=O. The molecule has 0 aromatic rings. The second kappa shape index (κ2) is 10.4. The van der Waals surface area contributed by atoms with Crippen LogP contribution >= 0.6 is 0 Å². The zero-order valence-corrected chi connectivity index (χ0v) is 25.1. The van der Waals surface area contributed by atoms with Gasteiger partial charge in [-0.1, -0.05) is 27.4 Å². The van der Waals surface area contributed by atoms with Crippen molar-refractivity contribution in [3.05, 3.63) is 12.2 Å². The fraction of sp³-hybridized carbons (Fsp3) is 0.767. The minimum Gasteiger partial charge on any atom is -0.462 e. The third-order valence-electron chi connectivity index (χ3n) is 10.2. The summed E-state index contributed by atoms with van der Waals surface area (Å²) in [5.41, 5.74) is -2.77. The summed E-state index contributed by atoms with van der Waals surface area (Å²) >= 11 is 0. The lowest BCUT2D eigenvalue weighted by Gasteiger charge is -2.70. The minimum absolute atomic E-state index is 0.0621. The van der Waals surface area contributed by atoms with Gasteiger partial charge in [-0.2, -0.15) is 0 Å². The van der Waals surface area contributed by atoms with Crippen LogP contribution in [0.5, 0.6) is 0 Å². The summed E-state index contributed by atoms with van der Waals surface area (Å²) in [5, 5.41) is 11.4. The van der Waals surface area contributed by atoms with Crippen LogP contribution in [0.2, 0.25) is 0 Å². The molecule has 0 aromatic carbocycles. The zero-order chi connectivity index (χ0) is 30.8. The summed E-state index contributed by atoms with van der Waals surface area (Å²) in [4.78, 5) is 63.0.